The van der Waals surface area contributed by atoms with Crippen LogP contribution in [0.15, 0.2) is 42.5 Å². The molecule has 5 rings (SSSR count). The van der Waals surface area contributed by atoms with Crippen LogP contribution in [0.5, 0.6) is 0 Å². The maximum atomic E-state index is 13.0. The summed E-state index contributed by atoms with van der Waals surface area (Å²) in [6.45, 7) is 6.84. The molecule has 6 nitrogen and oxygen atoms in total. The highest BCUT2D eigenvalue weighted by molar-refractivity contribution is 5.94. The number of rotatable bonds is 4. The summed E-state index contributed by atoms with van der Waals surface area (Å²) in [6, 6.07) is 15.1. The monoisotopic (exact) mass is 446 g/mol. The Balaban J connectivity index is 1.25. The summed E-state index contributed by atoms with van der Waals surface area (Å²) in [6.07, 6.45) is 4.08. The number of amides is 1. The van der Waals surface area contributed by atoms with Gasteiger partial charge in [-0.25, -0.2) is 0 Å². The molecule has 1 aliphatic carbocycles. The van der Waals surface area contributed by atoms with Crippen molar-refractivity contribution in [2.45, 2.75) is 51.1 Å². The Bertz CT molecular complexity index is 1010. The van der Waals surface area contributed by atoms with Crippen molar-refractivity contribution >= 4 is 23.1 Å². The Morgan fingerprint density at radius 3 is 2.58 bits per heavy atom. The van der Waals surface area contributed by atoms with Crippen molar-refractivity contribution in [2.75, 3.05) is 42.5 Å². The molecule has 2 atom stereocenters. The van der Waals surface area contributed by atoms with E-state index in [2.05, 4.69) is 45.6 Å². The molecule has 2 saturated heterocycles. The second-order valence-electron chi connectivity index (χ2n) is 9.65. The first-order valence-corrected chi connectivity index (χ1v) is 12.3. The second kappa shape index (κ2) is 9.56. The first kappa shape index (κ1) is 22.0. The van der Waals surface area contributed by atoms with Crippen molar-refractivity contribution in [2.24, 2.45) is 0 Å². The van der Waals surface area contributed by atoms with Gasteiger partial charge in [-0.2, -0.15) is 0 Å². The molecule has 1 amide bonds. The third-order valence-corrected chi connectivity index (χ3v) is 7.42. The van der Waals surface area contributed by atoms with Gasteiger partial charge in [-0.1, -0.05) is 12.1 Å². The van der Waals surface area contributed by atoms with E-state index in [1.165, 1.54) is 16.8 Å². The van der Waals surface area contributed by atoms with Crippen LogP contribution >= 0.6 is 0 Å². The van der Waals surface area contributed by atoms with Crippen molar-refractivity contribution in [3.05, 3.63) is 59.2 Å². The lowest BCUT2D eigenvalue weighted by Crippen LogP contribution is -2.50. The van der Waals surface area contributed by atoms with Crippen molar-refractivity contribution in [1.29, 1.82) is 0 Å². The van der Waals surface area contributed by atoms with Crippen LogP contribution < -0.4 is 20.4 Å². The van der Waals surface area contributed by atoms with E-state index in [1.54, 1.807) is 0 Å². The van der Waals surface area contributed by atoms with Crippen LogP contribution in [0.1, 0.15) is 47.7 Å². The lowest BCUT2D eigenvalue weighted by atomic mass is 9.86. The fourth-order valence-corrected chi connectivity index (χ4v) is 5.47. The van der Waals surface area contributed by atoms with E-state index in [0.717, 1.165) is 57.7 Å². The van der Waals surface area contributed by atoms with E-state index < -0.39 is 0 Å². The van der Waals surface area contributed by atoms with Gasteiger partial charge in [0, 0.05) is 74.6 Å². The molecule has 0 unspecified atom stereocenters. The number of anilines is 2. The van der Waals surface area contributed by atoms with Gasteiger partial charge in [0.1, 0.15) is 5.78 Å². The zero-order valence-corrected chi connectivity index (χ0v) is 19.5. The van der Waals surface area contributed by atoms with Crippen molar-refractivity contribution in [3.63, 3.8) is 0 Å². The van der Waals surface area contributed by atoms with Crippen LogP contribution in [0.3, 0.4) is 0 Å². The molecule has 2 aromatic carbocycles. The predicted molar refractivity (Wildman–Crippen MR) is 132 cm³/mol. The molecule has 174 valence electrons. The molecule has 33 heavy (non-hydrogen) atoms. The number of nitrogens with one attached hydrogen (secondary N) is 2. The van der Waals surface area contributed by atoms with Gasteiger partial charge in [0.05, 0.1) is 0 Å². The molecule has 0 radical (unpaired) electrons. The molecule has 2 aromatic rings. The Morgan fingerprint density at radius 1 is 1.03 bits per heavy atom. The standard InChI is InChI=1S/C27H34N4O2/c1-19-18-28-13-16-31(19)26-4-2-3-20-5-8-22(17-25(20)26)29-27(33)21-6-9-23(10-7-21)30-14-11-24(32)12-15-30/h2-4,6-7,9-10,19,22,28H,5,8,11-18H2,1H3,(H,29,33)/t19-,22-/m1/s1. The summed E-state index contributed by atoms with van der Waals surface area (Å²) in [7, 11) is 0. The van der Waals surface area contributed by atoms with Crippen molar-refractivity contribution < 1.29 is 9.59 Å². The molecule has 2 fully saturated rings. The van der Waals surface area contributed by atoms with E-state index in [9.17, 15) is 9.59 Å². The quantitative estimate of drug-likeness (QED) is 0.756. The average molecular weight is 447 g/mol. The lowest BCUT2D eigenvalue weighted by molar-refractivity contribution is -0.119. The molecule has 0 aromatic heterocycles. The largest absolute Gasteiger partial charge is 0.371 e. The molecule has 3 aliphatic rings. The number of carbonyl (C=O) groups excluding carboxylic acids is 2. The number of nitrogens with zero attached hydrogens (tertiary/aromatic N) is 2. The summed E-state index contributed by atoms with van der Waals surface area (Å²) in [5.41, 5.74) is 5.94. The van der Waals surface area contributed by atoms with Crippen LogP contribution in [0.2, 0.25) is 0 Å². The van der Waals surface area contributed by atoms with Crippen LogP contribution in [0, 0.1) is 0 Å². The van der Waals surface area contributed by atoms with Gasteiger partial charge in [0.15, 0.2) is 0 Å². The normalized spacial score (nSPS) is 23.2. The molecule has 2 N–H and O–H groups in total. The first-order chi connectivity index (χ1) is 16.1. The summed E-state index contributed by atoms with van der Waals surface area (Å²) >= 11 is 0. The second-order valence-corrected chi connectivity index (χ2v) is 9.65. The molecule has 0 bridgehead atoms. The highest BCUT2D eigenvalue weighted by atomic mass is 16.1. The van der Waals surface area contributed by atoms with Gasteiger partial charge >= 0.3 is 0 Å². The number of aryl methyl sites for hydroxylation is 1. The van der Waals surface area contributed by atoms with E-state index in [1.807, 2.05) is 24.3 Å². The number of hydrogen-bond donors (Lipinski definition) is 2. The van der Waals surface area contributed by atoms with E-state index in [0.29, 0.717) is 30.2 Å². The number of piperidine rings is 1. The number of ketones is 1. The van der Waals surface area contributed by atoms with Gasteiger partial charge in [0.2, 0.25) is 0 Å². The van der Waals surface area contributed by atoms with Gasteiger partial charge in [-0.15, -0.1) is 0 Å². The van der Waals surface area contributed by atoms with Gasteiger partial charge in [0.25, 0.3) is 5.91 Å². The number of hydrogen-bond acceptors (Lipinski definition) is 5. The summed E-state index contributed by atoms with van der Waals surface area (Å²) in [4.78, 5) is 29.2. The zero-order chi connectivity index (χ0) is 22.8. The van der Waals surface area contributed by atoms with Crippen molar-refractivity contribution in [1.82, 2.24) is 10.6 Å². The maximum absolute atomic E-state index is 13.0. The number of Topliss-reactive ketones (excluding diaryl/α,β-unsaturated/α-hetero) is 1. The molecule has 0 spiro atoms. The summed E-state index contributed by atoms with van der Waals surface area (Å²) in [5, 5.41) is 6.77. The first-order valence-electron chi connectivity index (χ1n) is 12.3. The predicted octanol–water partition coefficient (Wildman–Crippen LogP) is 2.94. The van der Waals surface area contributed by atoms with Gasteiger partial charge in [-0.05, 0) is 67.6 Å². The minimum Gasteiger partial charge on any atom is -0.371 e. The number of fused-ring (bicyclic) bond motifs is 1. The highest BCUT2D eigenvalue weighted by Crippen LogP contribution is 2.32. The minimum absolute atomic E-state index is 0.00292. The SMILES string of the molecule is C[C@@H]1CNCCN1c1cccc2c1C[C@H](NC(=O)c1ccc(N3CCC(=O)CC3)cc1)CC2. The number of carbonyl (C=O) groups is 2. The van der Waals surface area contributed by atoms with Gasteiger partial charge in [-0.3, -0.25) is 9.59 Å². The topological polar surface area (TPSA) is 64.7 Å². The fraction of sp³-hybridized carbons (Fsp3) is 0.481. The van der Waals surface area contributed by atoms with Crippen molar-refractivity contribution in [3.8, 4) is 0 Å². The third-order valence-electron chi connectivity index (χ3n) is 7.42. The molecular weight excluding hydrogens is 412 g/mol. The van der Waals surface area contributed by atoms with Crippen LogP contribution in [-0.4, -0.2) is 56.5 Å². The number of benzene rings is 2. The summed E-state index contributed by atoms with van der Waals surface area (Å²) in [5.74, 6) is 0.336. The van der Waals surface area contributed by atoms with Gasteiger partial charge < -0.3 is 20.4 Å². The molecule has 2 heterocycles. The average Bonchev–Trinajstić information content (AvgIpc) is 2.85. The van der Waals surface area contributed by atoms with E-state index >= 15 is 0 Å². The zero-order valence-electron chi connectivity index (χ0n) is 19.5. The Morgan fingerprint density at radius 2 is 1.82 bits per heavy atom. The lowest BCUT2D eigenvalue weighted by Gasteiger charge is -2.39. The fourth-order valence-electron chi connectivity index (χ4n) is 5.47. The molecule has 6 heteroatoms. The molecular formula is C27H34N4O2. The molecule has 2 aliphatic heterocycles. The van der Waals surface area contributed by atoms with Crippen LogP contribution in [0.4, 0.5) is 11.4 Å². The summed E-state index contributed by atoms with van der Waals surface area (Å²) < 4.78 is 0. The Labute approximate surface area is 196 Å². The minimum atomic E-state index is -0.00292. The maximum Gasteiger partial charge on any atom is 0.251 e. The van der Waals surface area contributed by atoms with Crippen LogP contribution in [0.25, 0.3) is 0 Å². The Kier molecular flexibility index (Phi) is 6.36. The van der Waals surface area contributed by atoms with E-state index in [-0.39, 0.29) is 11.9 Å². The highest BCUT2D eigenvalue weighted by Gasteiger charge is 2.27. The smallest absolute Gasteiger partial charge is 0.251 e. The third kappa shape index (κ3) is 4.76. The molecule has 0 saturated carbocycles. The van der Waals surface area contributed by atoms with Crippen LogP contribution in [-0.2, 0) is 17.6 Å². The number of piperazine rings is 1. The van der Waals surface area contributed by atoms with E-state index in [4.69, 9.17) is 0 Å². The Hall–Kier alpha value is -2.86.